The molecule has 0 aliphatic carbocycles. The number of ether oxygens (including phenoxy) is 2. The maximum absolute atomic E-state index is 13.1. The molecule has 2 amide bonds. The van der Waals surface area contributed by atoms with Crippen LogP contribution in [0.5, 0.6) is 17.2 Å². The van der Waals surface area contributed by atoms with E-state index >= 15 is 0 Å². The van der Waals surface area contributed by atoms with Gasteiger partial charge in [0.2, 0.25) is 11.2 Å². The highest BCUT2D eigenvalue weighted by Gasteiger charge is 2.36. The van der Waals surface area contributed by atoms with E-state index in [0.717, 1.165) is 10.5 Å². The van der Waals surface area contributed by atoms with Crippen LogP contribution in [0.4, 0.5) is 0 Å². The summed E-state index contributed by atoms with van der Waals surface area (Å²) in [7, 11) is 0. The summed E-state index contributed by atoms with van der Waals surface area (Å²) in [6.07, 6.45) is 1.20. The number of imide groups is 1. The zero-order chi connectivity index (χ0) is 28.7. The van der Waals surface area contributed by atoms with Gasteiger partial charge in [-0.05, 0) is 66.6 Å². The first-order chi connectivity index (χ1) is 19.8. The third kappa shape index (κ3) is 4.97. The average Bonchev–Trinajstić information content (AvgIpc) is 3.20. The van der Waals surface area contributed by atoms with Gasteiger partial charge >= 0.3 is 5.97 Å². The van der Waals surface area contributed by atoms with Gasteiger partial charge < -0.3 is 13.9 Å². The molecule has 1 aromatic heterocycles. The number of esters is 1. The van der Waals surface area contributed by atoms with Gasteiger partial charge in [-0.1, -0.05) is 41.9 Å². The van der Waals surface area contributed by atoms with Crippen LogP contribution in [0.15, 0.2) is 100 Å². The molecule has 1 aliphatic heterocycles. The maximum atomic E-state index is 13.1. The molecule has 0 saturated heterocycles. The number of fused-ring (bicyclic) bond motifs is 2. The van der Waals surface area contributed by atoms with Gasteiger partial charge in [0.05, 0.1) is 28.6 Å². The molecule has 4 aromatic carbocycles. The Hall–Kier alpha value is -5.21. The van der Waals surface area contributed by atoms with Gasteiger partial charge in [-0.15, -0.1) is 0 Å². The van der Waals surface area contributed by atoms with Crippen molar-refractivity contribution in [2.24, 2.45) is 0 Å². The van der Waals surface area contributed by atoms with Crippen molar-refractivity contribution in [3.8, 4) is 17.2 Å². The Bertz CT molecular complexity index is 1950. The van der Waals surface area contributed by atoms with Crippen molar-refractivity contribution in [1.82, 2.24) is 4.90 Å². The molecular formula is C32H20ClNO7. The number of carbonyl (C=O) groups excluding carboxylic acids is 3. The second-order valence-corrected chi connectivity index (χ2v) is 9.85. The number of hydrogen-bond donors (Lipinski definition) is 0. The SMILES string of the molecule is Cc1cccc(Oc2coc3cc(OC(=O)c4ccc5c(c4)C(=O)N(Cc4ccccc4Cl)C5=O)ccc3c2=O)c1. The van der Waals surface area contributed by atoms with E-state index in [9.17, 15) is 19.2 Å². The van der Waals surface area contributed by atoms with Crippen molar-refractivity contribution >= 4 is 40.4 Å². The van der Waals surface area contributed by atoms with Gasteiger partial charge in [0.15, 0.2) is 0 Å². The smallest absolute Gasteiger partial charge is 0.343 e. The predicted molar refractivity (Wildman–Crippen MR) is 151 cm³/mol. The van der Waals surface area contributed by atoms with Gasteiger partial charge in [0.25, 0.3) is 11.8 Å². The Morgan fingerprint density at radius 2 is 1.66 bits per heavy atom. The van der Waals surface area contributed by atoms with Gasteiger partial charge in [-0.3, -0.25) is 19.3 Å². The maximum Gasteiger partial charge on any atom is 0.343 e. The van der Waals surface area contributed by atoms with Crippen LogP contribution < -0.4 is 14.9 Å². The van der Waals surface area contributed by atoms with Gasteiger partial charge in [-0.25, -0.2) is 4.79 Å². The van der Waals surface area contributed by atoms with Crippen LogP contribution in [-0.4, -0.2) is 22.7 Å². The number of halogens is 1. The number of carbonyl (C=O) groups is 3. The third-order valence-electron chi connectivity index (χ3n) is 6.64. The highest BCUT2D eigenvalue weighted by atomic mass is 35.5. The molecule has 1 aliphatic rings. The number of nitrogens with zero attached hydrogens (tertiary/aromatic N) is 1. The van der Waals surface area contributed by atoms with E-state index in [-0.39, 0.29) is 51.1 Å². The summed E-state index contributed by atoms with van der Waals surface area (Å²) in [6.45, 7) is 1.92. The monoisotopic (exact) mass is 565 g/mol. The Balaban J connectivity index is 1.20. The standard InChI is InChI=1S/C32H20ClNO7/c1-18-5-4-7-21(13-18)40-28-17-39-27-15-22(10-12-24(27)29(28)35)41-32(38)19-9-11-23-25(14-19)31(37)34(30(23)36)16-20-6-2-3-8-26(20)33/h2-15,17H,16H2,1H3. The fourth-order valence-electron chi connectivity index (χ4n) is 4.55. The predicted octanol–water partition coefficient (Wildman–Crippen LogP) is 6.56. The van der Waals surface area contributed by atoms with E-state index in [4.69, 9.17) is 25.5 Å². The fourth-order valence-corrected chi connectivity index (χ4v) is 4.75. The lowest BCUT2D eigenvalue weighted by Gasteiger charge is -2.14. The summed E-state index contributed by atoms with van der Waals surface area (Å²) in [4.78, 5) is 52.9. The first-order valence-corrected chi connectivity index (χ1v) is 12.9. The molecule has 0 atom stereocenters. The van der Waals surface area contributed by atoms with Crippen LogP contribution >= 0.6 is 11.6 Å². The summed E-state index contributed by atoms with van der Waals surface area (Å²) in [5, 5.41) is 0.685. The van der Waals surface area contributed by atoms with Crippen molar-refractivity contribution in [3.05, 3.63) is 134 Å². The lowest BCUT2D eigenvalue weighted by Crippen LogP contribution is -2.29. The summed E-state index contributed by atoms with van der Waals surface area (Å²) < 4.78 is 16.8. The normalized spacial score (nSPS) is 12.5. The minimum Gasteiger partial charge on any atom is -0.460 e. The number of rotatable bonds is 6. The summed E-state index contributed by atoms with van der Waals surface area (Å²) >= 11 is 6.20. The molecule has 0 bridgehead atoms. The van der Waals surface area contributed by atoms with Crippen molar-refractivity contribution in [2.75, 3.05) is 0 Å². The lowest BCUT2D eigenvalue weighted by molar-refractivity contribution is 0.0641. The molecule has 5 aromatic rings. The van der Waals surface area contributed by atoms with E-state index in [2.05, 4.69) is 0 Å². The second kappa shape index (κ2) is 10.4. The Kier molecular flexibility index (Phi) is 6.61. The van der Waals surface area contributed by atoms with Crippen LogP contribution in [0.1, 0.15) is 42.2 Å². The molecule has 0 N–H and O–H groups in total. The van der Waals surface area contributed by atoms with Gasteiger partial charge in [0.1, 0.15) is 23.3 Å². The molecule has 9 heteroatoms. The molecule has 0 spiro atoms. The van der Waals surface area contributed by atoms with Crippen molar-refractivity contribution in [2.45, 2.75) is 13.5 Å². The van der Waals surface area contributed by atoms with E-state index in [1.807, 2.05) is 19.1 Å². The Morgan fingerprint density at radius 3 is 2.46 bits per heavy atom. The molecule has 0 radical (unpaired) electrons. The largest absolute Gasteiger partial charge is 0.460 e. The second-order valence-electron chi connectivity index (χ2n) is 9.44. The quantitative estimate of drug-likeness (QED) is 0.130. The Morgan fingerprint density at radius 1 is 0.854 bits per heavy atom. The minimum absolute atomic E-state index is 0.00579. The van der Waals surface area contributed by atoms with Crippen molar-refractivity contribution in [3.63, 3.8) is 0 Å². The van der Waals surface area contributed by atoms with Crippen LogP contribution in [0.3, 0.4) is 0 Å². The van der Waals surface area contributed by atoms with Crippen molar-refractivity contribution < 1.29 is 28.3 Å². The van der Waals surface area contributed by atoms with E-state index in [1.165, 1.54) is 42.7 Å². The van der Waals surface area contributed by atoms with E-state index < -0.39 is 17.8 Å². The van der Waals surface area contributed by atoms with Crippen LogP contribution in [0, 0.1) is 6.92 Å². The highest BCUT2D eigenvalue weighted by molar-refractivity contribution is 6.31. The number of benzene rings is 4. The van der Waals surface area contributed by atoms with Gasteiger partial charge in [0, 0.05) is 11.1 Å². The third-order valence-corrected chi connectivity index (χ3v) is 7.00. The lowest BCUT2D eigenvalue weighted by atomic mass is 10.1. The molecule has 8 nitrogen and oxygen atoms in total. The van der Waals surface area contributed by atoms with E-state index in [1.54, 1.807) is 36.4 Å². The summed E-state index contributed by atoms with van der Waals surface area (Å²) in [5.74, 6) is -1.10. The molecule has 0 fully saturated rings. The Labute approximate surface area is 238 Å². The molecule has 202 valence electrons. The van der Waals surface area contributed by atoms with Gasteiger partial charge in [-0.2, -0.15) is 0 Å². The fraction of sp³-hybridized carbons (Fsp3) is 0.0625. The molecule has 0 unspecified atom stereocenters. The van der Waals surface area contributed by atoms with Crippen LogP contribution in [0.2, 0.25) is 5.02 Å². The summed E-state index contributed by atoms with van der Waals surface area (Å²) in [6, 6.07) is 22.7. The number of amides is 2. The zero-order valence-corrected chi connectivity index (χ0v) is 22.3. The molecule has 0 saturated carbocycles. The summed E-state index contributed by atoms with van der Waals surface area (Å²) in [5.41, 5.74) is 1.79. The van der Waals surface area contributed by atoms with E-state index in [0.29, 0.717) is 16.3 Å². The molecule has 41 heavy (non-hydrogen) atoms. The van der Waals surface area contributed by atoms with Crippen LogP contribution in [-0.2, 0) is 6.54 Å². The van der Waals surface area contributed by atoms with Crippen molar-refractivity contribution in [1.29, 1.82) is 0 Å². The van der Waals surface area contributed by atoms with Crippen LogP contribution in [0.25, 0.3) is 11.0 Å². The number of aryl methyl sites for hydroxylation is 1. The topological polar surface area (TPSA) is 103 Å². The molecule has 2 heterocycles. The minimum atomic E-state index is -0.751. The molecular weight excluding hydrogens is 546 g/mol. The highest BCUT2D eigenvalue weighted by Crippen LogP contribution is 2.29. The average molecular weight is 566 g/mol. The first-order valence-electron chi connectivity index (χ1n) is 12.5. The zero-order valence-electron chi connectivity index (χ0n) is 21.6. The molecule has 6 rings (SSSR count). The first kappa shape index (κ1) is 26.0. The number of hydrogen-bond acceptors (Lipinski definition) is 7.